The average molecular weight is 460 g/mol. The molecule has 1 N–H and O–H groups in total. The van der Waals surface area contributed by atoms with Crippen LogP contribution in [0.3, 0.4) is 0 Å². The number of halogens is 3. The first-order chi connectivity index (χ1) is 15.3. The molecule has 0 aliphatic carbocycles. The van der Waals surface area contributed by atoms with Crippen LogP contribution in [0.5, 0.6) is 0 Å². The monoisotopic (exact) mass is 459 g/mol. The second-order valence-corrected chi connectivity index (χ2v) is 9.61. The number of aromatic amines is 1. The molecule has 4 rings (SSSR count). The van der Waals surface area contributed by atoms with Crippen LogP contribution in [0.25, 0.3) is 11.4 Å². The minimum Gasteiger partial charge on any atom is -0.306 e. The minimum atomic E-state index is -4.40. The third-order valence-electron chi connectivity index (χ3n) is 6.09. The summed E-state index contributed by atoms with van der Waals surface area (Å²) >= 11 is 0. The molecule has 0 amide bonds. The van der Waals surface area contributed by atoms with Crippen molar-refractivity contribution in [1.29, 1.82) is 0 Å². The Bertz CT molecular complexity index is 1230. The highest BCUT2D eigenvalue weighted by atomic mass is 19.4. The molecule has 33 heavy (non-hydrogen) atoms. The van der Waals surface area contributed by atoms with E-state index in [9.17, 15) is 18.0 Å². The highest BCUT2D eigenvalue weighted by molar-refractivity contribution is 5.56. The van der Waals surface area contributed by atoms with E-state index in [0.717, 1.165) is 30.1 Å². The summed E-state index contributed by atoms with van der Waals surface area (Å²) in [7, 11) is 0. The highest BCUT2D eigenvalue weighted by Gasteiger charge is 2.30. The molecular weight excluding hydrogens is 431 g/mol. The Morgan fingerprint density at radius 2 is 1.76 bits per heavy atom. The second-order valence-electron chi connectivity index (χ2n) is 9.61. The standard InChI is InChI=1S/C24H28F3N5O/c1-14-18(15(2)32(30-14)23(3,4)5)12-31-11-10-20-19(13-31)22(33)29-21(28-20)16-6-8-17(9-7-16)24(25,26)27/h6-9H,10-13H2,1-5H3,(H,28,29,33). The summed E-state index contributed by atoms with van der Waals surface area (Å²) in [6, 6.07) is 4.67. The Labute approximate surface area is 190 Å². The number of benzene rings is 1. The summed E-state index contributed by atoms with van der Waals surface area (Å²) in [6.45, 7) is 12.3. The van der Waals surface area contributed by atoms with Crippen molar-refractivity contribution in [2.75, 3.05) is 6.54 Å². The van der Waals surface area contributed by atoms with Crippen LogP contribution in [0.4, 0.5) is 13.2 Å². The molecule has 0 atom stereocenters. The van der Waals surface area contributed by atoms with Crippen LogP contribution in [0.15, 0.2) is 29.1 Å². The topological polar surface area (TPSA) is 66.8 Å². The van der Waals surface area contributed by atoms with E-state index in [2.05, 4.69) is 42.6 Å². The normalized spacial score (nSPS) is 15.0. The fourth-order valence-corrected chi connectivity index (χ4v) is 4.35. The number of aryl methyl sites for hydroxylation is 1. The van der Waals surface area contributed by atoms with E-state index < -0.39 is 11.7 Å². The van der Waals surface area contributed by atoms with E-state index in [1.165, 1.54) is 17.7 Å². The molecule has 0 saturated carbocycles. The van der Waals surface area contributed by atoms with E-state index in [1.807, 2.05) is 11.6 Å². The summed E-state index contributed by atoms with van der Waals surface area (Å²) in [4.78, 5) is 22.4. The number of aromatic nitrogens is 4. The van der Waals surface area contributed by atoms with Crippen LogP contribution in [-0.4, -0.2) is 31.2 Å². The van der Waals surface area contributed by atoms with Crippen molar-refractivity contribution in [1.82, 2.24) is 24.6 Å². The minimum absolute atomic E-state index is 0.114. The highest BCUT2D eigenvalue weighted by Crippen LogP contribution is 2.30. The van der Waals surface area contributed by atoms with Crippen molar-refractivity contribution < 1.29 is 13.2 Å². The summed E-state index contributed by atoms with van der Waals surface area (Å²) in [5.41, 5.74) is 3.93. The van der Waals surface area contributed by atoms with Crippen LogP contribution in [0, 0.1) is 13.8 Å². The van der Waals surface area contributed by atoms with Crippen LogP contribution in [-0.2, 0) is 31.2 Å². The number of hydrogen-bond donors (Lipinski definition) is 1. The lowest BCUT2D eigenvalue weighted by Crippen LogP contribution is -2.35. The smallest absolute Gasteiger partial charge is 0.306 e. The van der Waals surface area contributed by atoms with Gasteiger partial charge in [-0.1, -0.05) is 12.1 Å². The lowest BCUT2D eigenvalue weighted by Gasteiger charge is -2.28. The molecule has 0 saturated heterocycles. The number of nitrogens with one attached hydrogen (secondary N) is 1. The summed E-state index contributed by atoms with van der Waals surface area (Å²) in [5.74, 6) is 0.291. The second kappa shape index (κ2) is 8.13. The van der Waals surface area contributed by atoms with Gasteiger partial charge in [0, 0.05) is 42.9 Å². The van der Waals surface area contributed by atoms with Gasteiger partial charge in [-0.15, -0.1) is 0 Å². The maximum absolute atomic E-state index is 12.8. The zero-order valence-electron chi connectivity index (χ0n) is 19.5. The fraction of sp³-hybridized carbons (Fsp3) is 0.458. The Balaban J connectivity index is 1.56. The molecule has 3 aromatic rings. The van der Waals surface area contributed by atoms with Gasteiger partial charge < -0.3 is 4.98 Å². The van der Waals surface area contributed by atoms with Crippen molar-refractivity contribution in [3.63, 3.8) is 0 Å². The first-order valence-electron chi connectivity index (χ1n) is 10.9. The lowest BCUT2D eigenvalue weighted by atomic mass is 10.0. The summed E-state index contributed by atoms with van der Waals surface area (Å²) in [5, 5.41) is 4.71. The maximum atomic E-state index is 12.8. The SMILES string of the molecule is Cc1nn(C(C)(C)C)c(C)c1CN1CCc2nc(-c3ccc(C(F)(F)F)cc3)[nH]c(=O)c2C1. The summed E-state index contributed by atoms with van der Waals surface area (Å²) in [6.07, 6.45) is -3.81. The van der Waals surface area contributed by atoms with Crippen LogP contribution in [0.2, 0.25) is 0 Å². The third kappa shape index (κ3) is 4.59. The molecule has 6 nitrogen and oxygen atoms in total. The molecule has 2 aromatic heterocycles. The number of fused-ring (bicyclic) bond motifs is 1. The van der Waals surface area contributed by atoms with Gasteiger partial charge in [0.2, 0.25) is 0 Å². The predicted molar refractivity (Wildman–Crippen MR) is 120 cm³/mol. The average Bonchev–Trinajstić information content (AvgIpc) is 3.02. The quantitative estimate of drug-likeness (QED) is 0.623. The fourth-order valence-electron chi connectivity index (χ4n) is 4.35. The Morgan fingerprint density at radius 3 is 2.33 bits per heavy atom. The zero-order chi connectivity index (χ0) is 24.1. The van der Waals surface area contributed by atoms with Gasteiger partial charge in [0.15, 0.2) is 0 Å². The summed E-state index contributed by atoms with van der Waals surface area (Å²) < 4.78 is 40.5. The molecule has 0 radical (unpaired) electrons. The van der Waals surface area contributed by atoms with Crippen molar-refractivity contribution in [3.05, 3.63) is 68.4 Å². The van der Waals surface area contributed by atoms with Crippen LogP contribution < -0.4 is 5.56 Å². The first kappa shape index (κ1) is 23.2. The Kier molecular flexibility index (Phi) is 5.72. The maximum Gasteiger partial charge on any atom is 0.416 e. The Morgan fingerprint density at radius 1 is 1.09 bits per heavy atom. The van der Waals surface area contributed by atoms with Crippen LogP contribution >= 0.6 is 0 Å². The molecule has 1 aromatic carbocycles. The molecule has 0 bridgehead atoms. The van der Waals surface area contributed by atoms with Crippen molar-refractivity contribution in [2.24, 2.45) is 0 Å². The van der Waals surface area contributed by atoms with E-state index in [0.29, 0.717) is 42.2 Å². The van der Waals surface area contributed by atoms with E-state index >= 15 is 0 Å². The molecular formula is C24H28F3N5O. The molecule has 0 unspecified atom stereocenters. The van der Waals surface area contributed by atoms with Crippen molar-refractivity contribution in [3.8, 4) is 11.4 Å². The number of H-pyrrole nitrogens is 1. The van der Waals surface area contributed by atoms with Crippen molar-refractivity contribution in [2.45, 2.75) is 65.8 Å². The zero-order valence-corrected chi connectivity index (χ0v) is 19.5. The number of rotatable bonds is 3. The van der Waals surface area contributed by atoms with E-state index in [1.54, 1.807) is 0 Å². The number of alkyl halides is 3. The molecule has 3 heterocycles. The van der Waals surface area contributed by atoms with Crippen molar-refractivity contribution >= 4 is 0 Å². The number of nitrogens with zero attached hydrogens (tertiary/aromatic N) is 4. The van der Waals surface area contributed by atoms with Gasteiger partial charge >= 0.3 is 6.18 Å². The van der Waals surface area contributed by atoms with Gasteiger partial charge in [-0.2, -0.15) is 18.3 Å². The molecule has 1 aliphatic rings. The van der Waals surface area contributed by atoms with E-state index in [4.69, 9.17) is 5.10 Å². The predicted octanol–water partition coefficient (Wildman–Crippen LogP) is 4.58. The van der Waals surface area contributed by atoms with E-state index in [-0.39, 0.29) is 11.1 Å². The molecule has 1 aliphatic heterocycles. The lowest BCUT2D eigenvalue weighted by molar-refractivity contribution is -0.137. The molecule has 176 valence electrons. The van der Waals surface area contributed by atoms with Gasteiger partial charge in [0.25, 0.3) is 5.56 Å². The molecule has 0 spiro atoms. The van der Waals surface area contributed by atoms with Gasteiger partial charge in [-0.3, -0.25) is 14.4 Å². The molecule has 0 fully saturated rings. The molecule has 9 heteroatoms. The van der Waals surface area contributed by atoms with Crippen LogP contribution in [0.1, 0.15) is 54.5 Å². The van der Waals surface area contributed by atoms with Gasteiger partial charge in [-0.25, -0.2) is 4.98 Å². The van der Waals surface area contributed by atoms with Gasteiger partial charge in [-0.05, 0) is 46.8 Å². The first-order valence-corrected chi connectivity index (χ1v) is 10.9. The number of hydrogen-bond acceptors (Lipinski definition) is 4. The van der Waals surface area contributed by atoms with Gasteiger partial charge in [0.1, 0.15) is 5.82 Å². The Hall–Kier alpha value is -2.94. The largest absolute Gasteiger partial charge is 0.416 e. The third-order valence-corrected chi connectivity index (χ3v) is 6.09. The van der Waals surface area contributed by atoms with Gasteiger partial charge in [0.05, 0.1) is 28.1 Å².